The van der Waals surface area contributed by atoms with E-state index in [1.165, 1.54) is 0 Å². The SMILES string of the molecule is C[C@@H](CO)O/N=C(\N)[C@@H](CC(=O)Cc1ccc(Cl)cc1)Cc1ccc(Cl)cc1. The van der Waals surface area contributed by atoms with E-state index in [0.29, 0.717) is 16.5 Å². The number of aliphatic hydroxyl groups excluding tert-OH is 1. The molecule has 2 aromatic carbocycles. The zero-order valence-corrected chi connectivity index (χ0v) is 17.2. The van der Waals surface area contributed by atoms with Gasteiger partial charge in [0, 0.05) is 28.8 Å². The predicted octanol–water partition coefficient (Wildman–Crippen LogP) is 4.02. The number of aliphatic hydroxyl groups is 1. The van der Waals surface area contributed by atoms with E-state index in [4.69, 9.17) is 38.9 Å². The Morgan fingerprint density at radius 2 is 1.61 bits per heavy atom. The van der Waals surface area contributed by atoms with Gasteiger partial charge in [0.15, 0.2) is 0 Å². The Morgan fingerprint density at radius 3 is 2.14 bits per heavy atom. The van der Waals surface area contributed by atoms with Crippen LogP contribution in [0, 0.1) is 5.92 Å². The number of ketones is 1. The van der Waals surface area contributed by atoms with Crippen LogP contribution >= 0.6 is 23.2 Å². The van der Waals surface area contributed by atoms with Gasteiger partial charge in [0.05, 0.1) is 6.61 Å². The van der Waals surface area contributed by atoms with Crippen LogP contribution < -0.4 is 5.73 Å². The highest BCUT2D eigenvalue weighted by molar-refractivity contribution is 6.30. The number of nitrogens with zero attached hydrogens (tertiary/aromatic N) is 1. The van der Waals surface area contributed by atoms with Gasteiger partial charge in [-0.05, 0) is 48.7 Å². The maximum absolute atomic E-state index is 12.6. The molecule has 0 bridgehead atoms. The molecular weight excluding hydrogens is 399 g/mol. The Kier molecular flexibility index (Phi) is 8.77. The summed E-state index contributed by atoms with van der Waals surface area (Å²) in [4.78, 5) is 17.8. The van der Waals surface area contributed by atoms with Crippen molar-refractivity contribution in [1.82, 2.24) is 0 Å². The van der Waals surface area contributed by atoms with Crippen molar-refractivity contribution in [2.24, 2.45) is 16.8 Å². The molecule has 3 N–H and O–H groups in total. The average molecular weight is 423 g/mol. The van der Waals surface area contributed by atoms with E-state index in [1.807, 2.05) is 24.3 Å². The molecule has 28 heavy (non-hydrogen) atoms. The van der Waals surface area contributed by atoms with E-state index in [2.05, 4.69) is 5.16 Å². The van der Waals surface area contributed by atoms with Crippen LogP contribution in [0.4, 0.5) is 0 Å². The molecule has 2 atom stereocenters. The Morgan fingerprint density at radius 1 is 1.07 bits per heavy atom. The first-order chi connectivity index (χ1) is 13.4. The summed E-state index contributed by atoms with van der Waals surface area (Å²) in [7, 11) is 0. The number of benzene rings is 2. The van der Waals surface area contributed by atoms with Crippen LogP contribution in [0.25, 0.3) is 0 Å². The van der Waals surface area contributed by atoms with Crippen LogP contribution in [0.3, 0.4) is 0 Å². The summed E-state index contributed by atoms with van der Waals surface area (Å²) in [5.41, 5.74) is 7.99. The van der Waals surface area contributed by atoms with Gasteiger partial charge >= 0.3 is 0 Å². The van der Waals surface area contributed by atoms with Crippen LogP contribution in [0.1, 0.15) is 24.5 Å². The van der Waals surface area contributed by atoms with Gasteiger partial charge in [-0.3, -0.25) is 4.79 Å². The molecule has 0 aromatic heterocycles. The average Bonchev–Trinajstić information content (AvgIpc) is 2.68. The van der Waals surface area contributed by atoms with Crippen molar-refractivity contribution in [1.29, 1.82) is 0 Å². The zero-order valence-electron chi connectivity index (χ0n) is 15.6. The lowest BCUT2D eigenvalue weighted by Crippen LogP contribution is -2.29. The molecule has 0 aliphatic carbocycles. The number of amidine groups is 1. The van der Waals surface area contributed by atoms with Crippen LogP contribution in [-0.2, 0) is 22.5 Å². The van der Waals surface area contributed by atoms with E-state index in [1.54, 1.807) is 31.2 Å². The fourth-order valence-electron chi connectivity index (χ4n) is 2.62. The lowest BCUT2D eigenvalue weighted by Gasteiger charge is -2.17. The fourth-order valence-corrected chi connectivity index (χ4v) is 2.87. The highest BCUT2D eigenvalue weighted by Crippen LogP contribution is 2.18. The number of Topliss-reactive ketones (excluding diaryl/α,β-unsaturated/α-hetero) is 1. The van der Waals surface area contributed by atoms with E-state index in [0.717, 1.165) is 11.1 Å². The summed E-state index contributed by atoms with van der Waals surface area (Å²) in [6, 6.07) is 14.6. The topological polar surface area (TPSA) is 84.9 Å². The molecule has 0 aliphatic heterocycles. The standard InChI is InChI=1S/C21H24Cl2N2O3/c1-14(13-26)28-25-21(24)17(10-15-2-6-18(22)7-3-15)12-20(27)11-16-4-8-19(23)9-5-16/h2-9,14,17,26H,10-13H2,1H3,(H2,24,25)/t14-,17+/m0/s1. The molecular formula is C21H24Cl2N2O3. The summed E-state index contributed by atoms with van der Waals surface area (Å²) in [5.74, 6) is -0.0683. The minimum atomic E-state index is -0.473. The fraction of sp³-hybridized carbons (Fsp3) is 0.333. The number of halogens is 2. The molecule has 150 valence electrons. The molecule has 0 radical (unpaired) electrons. The molecule has 2 aromatic rings. The van der Waals surface area contributed by atoms with Gasteiger partial charge < -0.3 is 15.7 Å². The summed E-state index contributed by atoms with van der Waals surface area (Å²) in [5, 5.41) is 14.3. The Bertz CT molecular complexity index is 792. The van der Waals surface area contributed by atoms with Gasteiger partial charge in [0.25, 0.3) is 0 Å². The number of rotatable bonds is 10. The second-order valence-corrected chi connectivity index (χ2v) is 7.56. The first kappa shape index (κ1) is 22.2. The van der Waals surface area contributed by atoms with Gasteiger partial charge in [0.2, 0.25) is 0 Å². The minimum Gasteiger partial charge on any atom is -0.392 e. The third-order valence-electron chi connectivity index (χ3n) is 4.20. The van der Waals surface area contributed by atoms with Gasteiger partial charge in [-0.25, -0.2) is 0 Å². The van der Waals surface area contributed by atoms with E-state index < -0.39 is 6.10 Å². The largest absolute Gasteiger partial charge is 0.392 e. The van der Waals surface area contributed by atoms with Crippen LogP contribution in [0.15, 0.2) is 53.7 Å². The molecule has 2 rings (SSSR count). The summed E-state index contributed by atoms with van der Waals surface area (Å²) in [6.45, 7) is 1.50. The molecule has 0 fully saturated rings. The Hall–Kier alpha value is -2.08. The number of nitrogens with two attached hydrogens (primary N) is 1. The van der Waals surface area contributed by atoms with E-state index in [-0.39, 0.29) is 37.0 Å². The molecule has 0 saturated carbocycles. The molecule has 0 aliphatic rings. The highest BCUT2D eigenvalue weighted by atomic mass is 35.5. The Balaban J connectivity index is 2.10. The molecule has 0 spiro atoms. The molecule has 0 heterocycles. The summed E-state index contributed by atoms with van der Waals surface area (Å²) >= 11 is 11.8. The molecule has 0 saturated heterocycles. The maximum atomic E-state index is 12.6. The summed E-state index contributed by atoms with van der Waals surface area (Å²) < 4.78 is 0. The highest BCUT2D eigenvalue weighted by Gasteiger charge is 2.20. The third-order valence-corrected chi connectivity index (χ3v) is 4.70. The second kappa shape index (κ2) is 11.1. The second-order valence-electron chi connectivity index (χ2n) is 6.69. The molecule has 7 heteroatoms. The minimum absolute atomic E-state index is 0.0367. The van der Waals surface area contributed by atoms with Crippen molar-refractivity contribution < 1.29 is 14.7 Å². The maximum Gasteiger partial charge on any atom is 0.147 e. The lowest BCUT2D eigenvalue weighted by atomic mass is 9.91. The van der Waals surface area contributed by atoms with E-state index in [9.17, 15) is 4.79 Å². The van der Waals surface area contributed by atoms with Crippen LogP contribution in [0.5, 0.6) is 0 Å². The van der Waals surface area contributed by atoms with Crippen molar-refractivity contribution in [2.75, 3.05) is 6.61 Å². The number of carbonyl (C=O) groups is 1. The number of oxime groups is 1. The predicted molar refractivity (Wildman–Crippen MR) is 113 cm³/mol. The van der Waals surface area contributed by atoms with Crippen LogP contribution in [0.2, 0.25) is 10.0 Å². The quantitative estimate of drug-likeness (QED) is 0.343. The van der Waals surface area contributed by atoms with Gasteiger partial charge in [0.1, 0.15) is 17.7 Å². The summed E-state index contributed by atoms with van der Waals surface area (Å²) in [6.07, 6.45) is 0.558. The monoisotopic (exact) mass is 422 g/mol. The first-order valence-corrected chi connectivity index (χ1v) is 9.73. The van der Waals surface area contributed by atoms with Crippen molar-refractivity contribution in [3.05, 3.63) is 69.7 Å². The van der Waals surface area contributed by atoms with E-state index >= 15 is 0 Å². The molecule has 0 amide bonds. The number of hydrogen-bond donors (Lipinski definition) is 2. The number of carbonyl (C=O) groups excluding carboxylic acids is 1. The first-order valence-electron chi connectivity index (χ1n) is 8.98. The van der Waals surface area contributed by atoms with Crippen molar-refractivity contribution in [3.8, 4) is 0 Å². The van der Waals surface area contributed by atoms with Gasteiger partial charge in [-0.15, -0.1) is 0 Å². The zero-order chi connectivity index (χ0) is 20.5. The van der Waals surface area contributed by atoms with Crippen molar-refractivity contribution >= 4 is 34.8 Å². The number of hydrogen-bond acceptors (Lipinski definition) is 4. The van der Waals surface area contributed by atoms with Gasteiger partial charge in [-0.1, -0.05) is 52.6 Å². The Labute approximate surface area is 175 Å². The van der Waals surface area contributed by atoms with Crippen LogP contribution in [-0.4, -0.2) is 29.4 Å². The molecule has 5 nitrogen and oxygen atoms in total. The molecule has 0 unspecified atom stereocenters. The van der Waals surface area contributed by atoms with Crippen molar-refractivity contribution in [2.45, 2.75) is 32.3 Å². The normalized spacial score (nSPS) is 13.8. The smallest absolute Gasteiger partial charge is 0.147 e. The van der Waals surface area contributed by atoms with Gasteiger partial charge in [-0.2, -0.15) is 0 Å². The van der Waals surface area contributed by atoms with Crippen molar-refractivity contribution in [3.63, 3.8) is 0 Å². The lowest BCUT2D eigenvalue weighted by molar-refractivity contribution is -0.118. The third kappa shape index (κ3) is 7.50.